The Morgan fingerprint density at radius 2 is 1.71 bits per heavy atom. The van der Waals surface area contributed by atoms with E-state index >= 15 is 0 Å². The molecule has 3 amide bonds. The van der Waals surface area contributed by atoms with Crippen LogP contribution in [0.25, 0.3) is 0 Å². The van der Waals surface area contributed by atoms with Crippen LogP contribution in [-0.4, -0.2) is 66.4 Å². The fourth-order valence-corrected chi connectivity index (χ4v) is 1.94. The van der Waals surface area contributed by atoms with E-state index in [4.69, 9.17) is 10.8 Å². The third kappa shape index (κ3) is 10.5. The maximum absolute atomic E-state index is 12.0. The molecule has 0 rings (SSSR count). The minimum atomic E-state index is -1.21. The first-order valence-corrected chi connectivity index (χ1v) is 7.89. The van der Waals surface area contributed by atoms with Gasteiger partial charge in [-0.3, -0.25) is 19.2 Å². The summed E-state index contributed by atoms with van der Waals surface area (Å²) in [5.74, 6) is -3.09. The van der Waals surface area contributed by atoms with Crippen LogP contribution in [0.4, 0.5) is 0 Å². The maximum atomic E-state index is 12.0. The first-order chi connectivity index (χ1) is 11.1. The predicted octanol–water partition coefficient (Wildman–Crippen LogP) is -0.942. The summed E-state index contributed by atoms with van der Waals surface area (Å²) in [6.45, 7) is 2.22. The molecule has 24 heavy (non-hydrogen) atoms. The number of nitrogens with zero attached hydrogens (tertiary/aromatic N) is 1. The molecule has 0 heterocycles. The number of carboxylic acid groups (broad SMARTS) is 1. The molecule has 0 spiro atoms. The molecule has 0 unspecified atom stereocenters. The molecule has 0 aliphatic heterocycles. The monoisotopic (exact) mass is 344 g/mol. The third-order valence-corrected chi connectivity index (χ3v) is 3.30. The number of nitrogens with two attached hydrogens (primary N) is 1. The van der Waals surface area contributed by atoms with Crippen molar-refractivity contribution >= 4 is 23.7 Å². The molecule has 0 aromatic heterocycles. The van der Waals surface area contributed by atoms with Crippen molar-refractivity contribution in [2.75, 3.05) is 20.6 Å². The standard InChI is InChI=1S/C15H28N4O5/c1-10(15(23)24)17-14(22)11(9-12(16)20)18-13(21)7-5-4-6-8-19(2)3/h10-11H,4-9H2,1-3H3,(H2,16,20)(H,17,22)(H,18,21)(H,23,24)/t10-,11+/m0/s1. The van der Waals surface area contributed by atoms with Crippen molar-refractivity contribution in [3.05, 3.63) is 0 Å². The van der Waals surface area contributed by atoms with Crippen molar-refractivity contribution in [3.63, 3.8) is 0 Å². The molecule has 9 nitrogen and oxygen atoms in total. The fraction of sp³-hybridized carbons (Fsp3) is 0.733. The van der Waals surface area contributed by atoms with Crippen molar-refractivity contribution < 1.29 is 24.3 Å². The number of carbonyl (C=O) groups is 4. The van der Waals surface area contributed by atoms with Gasteiger partial charge in [0.15, 0.2) is 0 Å². The Kier molecular flexibility index (Phi) is 10.4. The second-order valence-electron chi connectivity index (χ2n) is 5.97. The highest BCUT2D eigenvalue weighted by Gasteiger charge is 2.25. The van der Waals surface area contributed by atoms with Crippen LogP contribution >= 0.6 is 0 Å². The lowest BCUT2D eigenvalue weighted by molar-refractivity contribution is -0.141. The Labute approximate surface area is 141 Å². The first-order valence-electron chi connectivity index (χ1n) is 7.89. The summed E-state index contributed by atoms with van der Waals surface area (Å²) in [6, 6.07) is -2.30. The van der Waals surface area contributed by atoms with Crippen LogP contribution < -0.4 is 16.4 Å². The van der Waals surface area contributed by atoms with Gasteiger partial charge in [-0.2, -0.15) is 0 Å². The number of amides is 3. The molecule has 0 aromatic carbocycles. The highest BCUT2D eigenvalue weighted by molar-refractivity contribution is 5.93. The number of carbonyl (C=O) groups excluding carboxylic acids is 3. The zero-order valence-electron chi connectivity index (χ0n) is 14.5. The van der Waals surface area contributed by atoms with Crippen LogP contribution in [0.5, 0.6) is 0 Å². The van der Waals surface area contributed by atoms with Crippen LogP contribution in [0.1, 0.15) is 39.0 Å². The number of primary amides is 1. The molecule has 0 bridgehead atoms. The number of rotatable bonds is 12. The lowest BCUT2D eigenvalue weighted by Crippen LogP contribution is -2.52. The van der Waals surface area contributed by atoms with Crippen molar-refractivity contribution in [2.24, 2.45) is 5.73 Å². The van der Waals surface area contributed by atoms with Gasteiger partial charge >= 0.3 is 5.97 Å². The summed E-state index contributed by atoms with van der Waals surface area (Å²) in [7, 11) is 3.94. The molecular formula is C15H28N4O5. The van der Waals surface area contributed by atoms with E-state index in [1.807, 2.05) is 14.1 Å². The van der Waals surface area contributed by atoms with E-state index in [1.165, 1.54) is 6.92 Å². The largest absolute Gasteiger partial charge is 0.480 e. The molecule has 0 saturated heterocycles. The van der Waals surface area contributed by atoms with Gasteiger partial charge in [0, 0.05) is 6.42 Å². The Morgan fingerprint density at radius 1 is 1.08 bits per heavy atom. The normalized spacial score (nSPS) is 13.2. The number of hydrogen-bond acceptors (Lipinski definition) is 5. The second-order valence-corrected chi connectivity index (χ2v) is 5.97. The molecular weight excluding hydrogens is 316 g/mol. The zero-order valence-corrected chi connectivity index (χ0v) is 14.5. The van der Waals surface area contributed by atoms with Crippen LogP contribution in [0, 0.1) is 0 Å². The smallest absolute Gasteiger partial charge is 0.325 e. The van der Waals surface area contributed by atoms with E-state index in [1.54, 1.807) is 0 Å². The maximum Gasteiger partial charge on any atom is 0.325 e. The SMILES string of the molecule is C[C@H](NC(=O)[C@@H](CC(N)=O)NC(=O)CCCCCN(C)C)C(=O)O. The topological polar surface area (TPSA) is 142 Å². The van der Waals surface area contributed by atoms with Gasteiger partial charge < -0.3 is 26.4 Å². The molecule has 0 saturated carbocycles. The summed E-state index contributed by atoms with van der Waals surface area (Å²) in [5, 5.41) is 13.4. The summed E-state index contributed by atoms with van der Waals surface area (Å²) in [5.41, 5.74) is 5.07. The Hall–Kier alpha value is -2.16. The average Bonchev–Trinajstić information content (AvgIpc) is 2.45. The highest BCUT2D eigenvalue weighted by atomic mass is 16.4. The minimum absolute atomic E-state index is 0.227. The summed E-state index contributed by atoms with van der Waals surface area (Å²) < 4.78 is 0. The molecule has 2 atom stereocenters. The van der Waals surface area contributed by atoms with Gasteiger partial charge in [-0.05, 0) is 40.4 Å². The Morgan fingerprint density at radius 3 is 2.21 bits per heavy atom. The zero-order chi connectivity index (χ0) is 18.7. The fourth-order valence-electron chi connectivity index (χ4n) is 1.94. The van der Waals surface area contributed by atoms with E-state index in [-0.39, 0.29) is 18.7 Å². The van der Waals surface area contributed by atoms with Gasteiger partial charge in [0.2, 0.25) is 17.7 Å². The lowest BCUT2D eigenvalue weighted by atomic mass is 10.1. The summed E-state index contributed by atoms with van der Waals surface area (Å²) in [4.78, 5) is 47.7. The van der Waals surface area contributed by atoms with Crippen LogP contribution in [0.3, 0.4) is 0 Å². The van der Waals surface area contributed by atoms with Gasteiger partial charge in [0.05, 0.1) is 6.42 Å². The van der Waals surface area contributed by atoms with E-state index in [2.05, 4.69) is 15.5 Å². The van der Waals surface area contributed by atoms with Crippen molar-refractivity contribution in [2.45, 2.75) is 51.1 Å². The molecule has 0 fully saturated rings. The number of carboxylic acids is 1. The lowest BCUT2D eigenvalue weighted by Gasteiger charge is -2.19. The summed E-state index contributed by atoms with van der Waals surface area (Å²) in [6.07, 6.45) is 2.33. The molecule has 0 radical (unpaired) electrons. The van der Waals surface area contributed by atoms with Crippen LogP contribution in [-0.2, 0) is 19.2 Å². The van der Waals surface area contributed by atoms with Gasteiger partial charge in [0.25, 0.3) is 0 Å². The molecule has 5 N–H and O–H groups in total. The number of unbranched alkanes of at least 4 members (excludes halogenated alkanes) is 2. The highest BCUT2D eigenvalue weighted by Crippen LogP contribution is 2.02. The molecule has 138 valence electrons. The predicted molar refractivity (Wildman–Crippen MR) is 88.0 cm³/mol. The van der Waals surface area contributed by atoms with E-state index in [0.29, 0.717) is 6.42 Å². The van der Waals surface area contributed by atoms with E-state index in [9.17, 15) is 19.2 Å². The van der Waals surface area contributed by atoms with Gasteiger partial charge in [-0.15, -0.1) is 0 Å². The molecule has 0 aliphatic rings. The summed E-state index contributed by atoms with van der Waals surface area (Å²) >= 11 is 0. The second kappa shape index (κ2) is 11.4. The van der Waals surface area contributed by atoms with Gasteiger partial charge in [-0.1, -0.05) is 6.42 Å². The first kappa shape index (κ1) is 21.8. The van der Waals surface area contributed by atoms with Crippen molar-refractivity contribution in [1.82, 2.24) is 15.5 Å². The van der Waals surface area contributed by atoms with Crippen LogP contribution in [0.15, 0.2) is 0 Å². The molecule has 0 aliphatic carbocycles. The van der Waals surface area contributed by atoms with Crippen molar-refractivity contribution in [3.8, 4) is 0 Å². The number of hydrogen-bond donors (Lipinski definition) is 4. The Bertz CT molecular complexity index is 453. The van der Waals surface area contributed by atoms with Gasteiger partial charge in [-0.25, -0.2) is 0 Å². The van der Waals surface area contributed by atoms with Gasteiger partial charge in [0.1, 0.15) is 12.1 Å². The van der Waals surface area contributed by atoms with Crippen molar-refractivity contribution in [1.29, 1.82) is 0 Å². The molecule has 9 heteroatoms. The van der Waals surface area contributed by atoms with E-state index in [0.717, 1.165) is 19.4 Å². The van der Waals surface area contributed by atoms with Crippen LogP contribution in [0.2, 0.25) is 0 Å². The number of nitrogens with one attached hydrogen (secondary N) is 2. The average molecular weight is 344 g/mol. The Balaban J connectivity index is 4.40. The molecule has 0 aromatic rings. The quantitative estimate of drug-likeness (QED) is 0.337. The third-order valence-electron chi connectivity index (χ3n) is 3.30. The number of aliphatic carboxylic acids is 1. The minimum Gasteiger partial charge on any atom is -0.480 e. The van der Waals surface area contributed by atoms with E-state index < -0.39 is 29.9 Å².